The Hall–Kier alpha value is -3.55. The zero-order valence-corrected chi connectivity index (χ0v) is 17.3. The van der Waals surface area contributed by atoms with Crippen molar-refractivity contribution in [2.24, 2.45) is 0 Å². The number of nitrogens with zero attached hydrogens (tertiary/aromatic N) is 3. The summed E-state index contributed by atoms with van der Waals surface area (Å²) in [5, 5.41) is 0. The van der Waals surface area contributed by atoms with E-state index < -0.39 is 11.7 Å². The number of carbonyl (C=O) groups excluding carboxylic acids is 2. The van der Waals surface area contributed by atoms with Crippen LogP contribution in [0.1, 0.15) is 32.7 Å². The van der Waals surface area contributed by atoms with Crippen LogP contribution in [0.25, 0.3) is 5.69 Å². The Bertz CT molecular complexity index is 1080. The van der Waals surface area contributed by atoms with Gasteiger partial charge in [-0.3, -0.25) is 9.59 Å². The van der Waals surface area contributed by atoms with E-state index in [4.69, 9.17) is 0 Å². The minimum absolute atomic E-state index is 0.104. The van der Waals surface area contributed by atoms with Gasteiger partial charge in [0.2, 0.25) is 0 Å². The van der Waals surface area contributed by atoms with E-state index in [0.717, 1.165) is 17.8 Å². The van der Waals surface area contributed by atoms with Crippen LogP contribution in [0.4, 0.5) is 13.2 Å². The fourth-order valence-electron chi connectivity index (χ4n) is 3.77. The highest BCUT2D eigenvalue weighted by Crippen LogP contribution is 2.29. The van der Waals surface area contributed by atoms with E-state index in [-0.39, 0.29) is 17.4 Å². The zero-order valence-electron chi connectivity index (χ0n) is 17.3. The van der Waals surface area contributed by atoms with E-state index >= 15 is 0 Å². The van der Waals surface area contributed by atoms with Gasteiger partial charge < -0.3 is 14.4 Å². The summed E-state index contributed by atoms with van der Waals surface area (Å²) in [6.45, 7) is 1.64. The molecule has 1 saturated heterocycles. The van der Waals surface area contributed by atoms with Crippen molar-refractivity contribution in [3.8, 4) is 5.69 Å². The summed E-state index contributed by atoms with van der Waals surface area (Å²) in [7, 11) is 0. The van der Waals surface area contributed by atoms with E-state index in [2.05, 4.69) is 0 Å². The molecule has 0 bridgehead atoms. The normalized spacial score (nSPS) is 14.8. The van der Waals surface area contributed by atoms with Gasteiger partial charge in [0, 0.05) is 55.4 Å². The van der Waals surface area contributed by atoms with Crippen LogP contribution in [-0.2, 0) is 6.18 Å². The molecule has 2 heterocycles. The number of hydrogen-bond donors (Lipinski definition) is 0. The van der Waals surface area contributed by atoms with Gasteiger partial charge in [0.1, 0.15) is 0 Å². The van der Waals surface area contributed by atoms with Crippen LogP contribution in [-0.4, -0.2) is 52.4 Å². The predicted molar refractivity (Wildman–Crippen MR) is 114 cm³/mol. The zero-order chi connectivity index (χ0) is 22.7. The minimum Gasteiger partial charge on any atom is -0.337 e. The third-order valence-electron chi connectivity index (χ3n) is 5.55. The molecule has 0 N–H and O–H groups in total. The van der Waals surface area contributed by atoms with Gasteiger partial charge in [-0.1, -0.05) is 0 Å². The fraction of sp³-hybridized carbons (Fsp3) is 0.250. The number of halogens is 3. The van der Waals surface area contributed by atoms with Crippen molar-refractivity contribution in [2.45, 2.75) is 12.6 Å². The molecule has 0 radical (unpaired) electrons. The Morgan fingerprint density at radius 3 is 1.62 bits per heavy atom. The van der Waals surface area contributed by atoms with Crippen molar-refractivity contribution >= 4 is 11.8 Å². The Labute approximate surface area is 183 Å². The van der Waals surface area contributed by atoms with E-state index in [1.165, 1.54) is 12.1 Å². The number of carbonyl (C=O) groups is 2. The first kappa shape index (κ1) is 21.7. The number of benzene rings is 2. The maximum absolute atomic E-state index is 12.9. The molecule has 0 saturated carbocycles. The Morgan fingerprint density at radius 2 is 1.16 bits per heavy atom. The lowest BCUT2D eigenvalue weighted by Gasteiger charge is -2.22. The molecule has 4 rings (SSSR count). The summed E-state index contributed by atoms with van der Waals surface area (Å²) < 4.78 is 40.2. The maximum Gasteiger partial charge on any atom is 0.416 e. The molecule has 5 nitrogen and oxygen atoms in total. The third kappa shape index (κ3) is 4.69. The molecular weight excluding hydrogens is 419 g/mol. The van der Waals surface area contributed by atoms with Crippen molar-refractivity contribution in [1.29, 1.82) is 0 Å². The van der Waals surface area contributed by atoms with Gasteiger partial charge in [-0.05, 0) is 67.1 Å². The molecule has 1 aromatic heterocycles. The van der Waals surface area contributed by atoms with Crippen LogP contribution in [0, 0.1) is 0 Å². The van der Waals surface area contributed by atoms with E-state index in [0.29, 0.717) is 38.2 Å². The summed E-state index contributed by atoms with van der Waals surface area (Å²) in [6.07, 6.45) is 0.00642. The summed E-state index contributed by atoms with van der Waals surface area (Å²) in [4.78, 5) is 29.0. The highest BCUT2D eigenvalue weighted by Gasteiger charge is 2.30. The average Bonchev–Trinajstić information content (AvgIpc) is 3.22. The van der Waals surface area contributed by atoms with Crippen LogP contribution in [0.5, 0.6) is 0 Å². The summed E-state index contributed by atoms with van der Waals surface area (Å²) in [5.41, 5.74) is 0.946. The van der Waals surface area contributed by atoms with Gasteiger partial charge in [-0.25, -0.2) is 0 Å². The summed E-state index contributed by atoms with van der Waals surface area (Å²) >= 11 is 0. The Kier molecular flexibility index (Phi) is 6.03. The third-order valence-corrected chi connectivity index (χ3v) is 5.55. The van der Waals surface area contributed by atoms with Crippen molar-refractivity contribution in [1.82, 2.24) is 14.4 Å². The predicted octanol–water partition coefficient (Wildman–Crippen LogP) is 4.48. The van der Waals surface area contributed by atoms with Gasteiger partial charge in [-0.2, -0.15) is 13.2 Å². The summed E-state index contributed by atoms with van der Waals surface area (Å²) in [6, 6.07) is 15.4. The van der Waals surface area contributed by atoms with Crippen LogP contribution < -0.4 is 0 Å². The molecule has 32 heavy (non-hydrogen) atoms. The van der Waals surface area contributed by atoms with E-state index in [1.807, 2.05) is 41.2 Å². The first-order chi connectivity index (χ1) is 15.3. The fourth-order valence-corrected chi connectivity index (χ4v) is 3.77. The first-order valence-corrected chi connectivity index (χ1v) is 10.3. The van der Waals surface area contributed by atoms with Crippen molar-refractivity contribution in [3.05, 3.63) is 89.7 Å². The molecular formula is C24H22F3N3O2. The van der Waals surface area contributed by atoms with Crippen LogP contribution in [0.2, 0.25) is 0 Å². The van der Waals surface area contributed by atoms with Crippen LogP contribution >= 0.6 is 0 Å². The number of alkyl halides is 3. The minimum atomic E-state index is -4.44. The molecule has 0 unspecified atom stereocenters. The molecule has 1 aliphatic rings. The largest absolute Gasteiger partial charge is 0.416 e. The molecule has 8 heteroatoms. The van der Waals surface area contributed by atoms with E-state index in [9.17, 15) is 22.8 Å². The number of aromatic nitrogens is 1. The van der Waals surface area contributed by atoms with Gasteiger partial charge >= 0.3 is 6.18 Å². The quantitative estimate of drug-likeness (QED) is 0.602. The van der Waals surface area contributed by atoms with Gasteiger partial charge in [0.15, 0.2) is 0 Å². The lowest BCUT2D eigenvalue weighted by atomic mass is 10.1. The lowest BCUT2D eigenvalue weighted by molar-refractivity contribution is -0.137. The Balaban J connectivity index is 1.39. The van der Waals surface area contributed by atoms with Crippen LogP contribution in [0.3, 0.4) is 0 Å². The van der Waals surface area contributed by atoms with Gasteiger partial charge in [0.25, 0.3) is 11.8 Å². The molecule has 1 aliphatic heterocycles. The molecule has 2 aromatic carbocycles. The van der Waals surface area contributed by atoms with Crippen LogP contribution in [0.15, 0.2) is 73.1 Å². The summed E-state index contributed by atoms with van der Waals surface area (Å²) in [5.74, 6) is -0.433. The van der Waals surface area contributed by atoms with Gasteiger partial charge in [-0.15, -0.1) is 0 Å². The van der Waals surface area contributed by atoms with Crippen molar-refractivity contribution < 1.29 is 22.8 Å². The SMILES string of the molecule is O=C(c1ccc(-n2cccc2)cc1)N1CCCN(C(=O)c2ccc(C(F)(F)F)cc2)CC1. The molecule has 2 amide bonds. The molecule has 166 valence electrons. The second-order valence-corrected chi connectivity index (χ2v) is 7.65. The van der Waals surface area contributed by atoms with Gasteiger partial charge in [0.05, 0.1) is 5.56 Å². The number of amides is 2. The molecule has 0 spiro atoms. The molecule has 1 fully saturated rings. The molecule has 0 aliphatic carbocycles. The second-order valence-electron chi connectivity index (χ2n) is 7.65. The maximum atomic E-state index is 12.9. The first-order valence-electron chi connectivity index (χ1n) is 10.3. The van der Waals surface area contributed by atoms with E-state index in [1.54, 1.807) is 21.9 Å². The monoisotopic (exact) mass is 441 g/mol. The topological polar surface area (TPSA) is 45.6 Å². The average molecular weight is 441 g/mol. The molecule has 3 aromatic rings. The smallest absolute Gasteiger partial charge is 0.337 e. The Morgan fingerprint density at radius 1 is 0.688 bits per heavy atom. The highest BCUT2D eigenvalue weighted by atomic mass is 19.4. The number of rotatable bonds is 3. The lowest BCUT2D eigenvalue weighted by Crippen LogP contribution is -2.37. The number of hydrogen-bond acceptors (Lipinski definition) is 2. The van der Waals surface area contributed by atoms with Crippen molar-refractivity contribution in [2.75, 3.05) is 26.2 Å². The highest BCUT2D eigenvalue weighted by molar-refractivity contribution is 5.95. The molecule has 0 atom stereocenters. The second kappa shape index (κ2) is 8.90. The van der Waals surface area contributed by atoms with Crippen molar-refractivity contribution in [3.63, 3.8) is 0 Å². The standard InChI is InChI=1S/C24H22F3N3O2/c25-24(26,27)20-8-4-18(5-9-20)22(31)29-14-3-15-30(17-16-29)23(32)19-6-10-21(11-7-19)28-12-1-2-13-28/h1-2,4-13H,3,14-17H2.